The minimum atomic E-state index is -1.36. The van der Waals surface area contributed by atoms with Gasteiger partial charge in [-0.25, -0.2) is 0 Å². The summed E-state index contributed by atoms with van der Waals surface area (Å²) < 4.78 is 6.12. The number of hydrogen-bond donors (Lipinski definition) is 1. The predicted molar refractivity (Wildman–Crippen MR) is 126 cm³/mol. The van der Waals surface area contributed by atoms with Crippen molar-refractivity contribution in [1.29, 1.82) is 5.26 Å². The molecule has 0 bridgehead atoms. The minimum absolute atomic E-state index is 0.0166. The minimum Gasteiger partial charge on any atom is -0.366 e. The number of ether oxygens (including phenoxy) is 1. The quantitative estimate of drug-likeness (QED) is 0.358. The molecule has 1 N–H and O–H groups in total. The Morgan fingerprint density at radius 2 is 1.61 bits per heavy atom. The fraction of sp³-hybridized carbons (Fsp3) is 0.370. The molecular weight excluding hydrogens is 384 g/mol. The number of hydrogen-bond acceptors (Lipinski definition) is 4. The summed E-state index contributed by atoms with van der Waals surface area (Å²) in [7, 11) is 0. The van der Waals surface area contributed by atoms with E-state index in [4.69, 9.17) is 4.74 Å². The Labute approximate surface area is 187 Å². The molecule has 31 heavy (non-hydrogen) atoms. The molecule has 3 atom stereocenters. The Morgan fingerprint density at radius 3 is 2.10 bits per heavy atom. The second-order valence-corrected chi connectivity index (χ2v) is 8.25. The molecule has 2 rings (SSSR count). The molecular formula is C27H34N2O2. The molecule has 0 aromatic heterocycles. The summed E-state index contributed by atoms with van der Waals surface area (Å²) in [6.45, 7) is 13.9. The van der Waals surface area contributed by atoms with E-state index in [0.717, 1.165) is 11.1 Å². The highest BCUT2D eigenvalue weighted by Crippen LogP contribution is 2.32. The molecule has 0 aliphatic carbocycles. The zero-order chi connectivity index (χ0) is 22.9. The lowest BCUT2D eigenvalue weighted by Gasteiger charge is -2.43. The van der Waals surface area contributed by atoms with Crippen LogP contribution in [0.3, 0.4) is 0 Å². The van der Waals surface area contributed by atoms with E-state index in [2.05, 4.69) is 55.3 Å². The fourth-order valence-corrected chi connectivity index (χ4v) is 3.89. The van der Waals surface area contributed by atoms with Gasteiger partial charge in [0.15, 0.2) is 5.79 Å². The fourth-order valence-electron chi connectivity index (χ4n) is 3.89. The van der Waals surface area contributed by atoms with E-state index in [-0.39, 0.29) is 24.4 Å². The van der Waals surface area contributed by atoms with Crippen LogP contribution in [0.25, 0.3) is 0 Å². The number of rotatable bonds is 12. The molecule has 2 aromatic rings. The van der Waals surface area contributed by atoms with Gasteiger partial charge in [-0.1, -0.05) is 72.8 Å². The summed E-state index contributed by atoms with van der Waals surface area (Å²) in [6, 6.07) is 22.5. The summed E-state index contributed by atoms with van der Waals surface area (Å²) in [5.41, 5.74) is 2.29. The van der Waals surface area contributed by atoms with E-state index in [9.17, 15) is 10.4 Å². The third-order valence-corrected chi connectivity index (χ3v) is 5.44. The average molecular weight is 419 g/mol. The van der Waals surface area contributed by atoms with Crippen molar-refractivity contribution >= 4 is 0 Å². The third-order valence-electron chi connectivity index (χ3n) is 5.44. The van der Waals surface area contributed by atoms with Crippen LogP contribution in [0.15, 0.2) is 86.0 Å². The first-order valence-electron chi connectivity index (χ1n) is 10.7. The maximum Gasteiger partial charge on any atom is 0.160 e. The molecule has 164 valence electrons. The molecule has 2 aromatic carbocycles. The zero-order valence-electron chi connectivity index (χ0n) is 18.8. The van der Waals surface area contributed by atoms with Gasteiger partial charge in [0, 0.05) is 18.5 Å². The van der Waals surface area contributed by atoms with Crippen molar-refractivity contribution in [2.24, 2.45) is 5.92 Å². The Kier molecular flexibility index (Phi) is 9.21. The Bertz CT molecular complexity index is 844. The summed E-state index contributed by atoms with van der Waals surface area (Å²) >= 11 is 0. The van der Waals surface area contributed by atoms with Gasteiger partial charge < -0.3 is 9.84 Å². The van der Waals surface area contributed by atoms with Gasteiger partial charge in [-0.15, -0.1) is 13.2 Å². The summed E-state index contributed by atoms with van der Waals surface area (Å²) in [4.78, 5) is 2.28. The largest absolute Gasteiger partial charge is 0.366 e. The van der Waals surface area contributed by atoms with Gasteiger partial charge in [0.25, 0.3) is 0 Å². The predicted octanol–water partition coefficient (Wildman–Crippen LogP) is 5.63. The molecule has 3 unspecified atom stereocenters. The van der Waals surface area contributed by atoms with Gasteiger partial charge in [0.2, 0.25) is 0 Å². The second kappa shape index (κ2) is 11.6. The second-order valence-electron chi connectivity index (χ2n) is 8.25. The Morgan fingerprint density at radius 1 is 1.06 bits per heavy atom. The van der Waals surface area contributed by atoms with Crippen LogP contribution in [-0.2, 0) is 11.3 Å². The van der Waals surface area contributed by atoms with Crippen LogP contribution in [-0.4, -0.2) is 27.9 Å². The van der Waals surface area contributed by atoms with Crippen LogP contribution >= 0.6 is 0 Å². The van der Waals surface area contributed by atoms with E-state index < -0.39 is 11.9 Å². The lowest BCUT2D eigenvalue weighted by Crippen LogP contribution is -2.50. The molecule has 0 radical (unpaired) electrons. The van der Waals surface area contributed by atoms with E-state index in [1.54, 1.807) is 26.0 Å². The molecule has 0 heterocycles. The normalized spacial score (nSPS) is 14.6. The number of nitrogens with zero attached hydrogens (tertiary/aromatic N) is 2. The number of nitriles is 1. The lowest BCUT2D eigenvalue weighted by molar-refractivity contribution is -0.225. The van der Waals surface area contributed by atoms with Crippen molar-refractivity contribution in [1.82, 2.24) is 4.90 Å². The molecule has 0 fully saturated rings. The highest BCUT2D eigenvalue weighted by Gasteiger charge is 2.37. The van der Waals surface area contributed by atoms with Gasteiger partial charge in [0.1, 0.15) is 0 Å². The maximum absolute atomic E-state index is 10.5. The van der Waals surface area contributed by atoms with Crippen molar-refractivity contribution < 1.29 is 9.84 Å². The standard InChI is InChI=1S/C27H34N2O2/c1-6-23(7-2)26(31-27(4,5)30)25(18-19-28)29(20-22-14-10-8-11-15-22)21(3)24-16-12-9-13-17-24/h6-17,21,23,25-26,30H,1-2,18,20H2,3-5H3. The van der Waals surface area contributed by atoms with Crippen molar-refractivity contribution in [3.8, 4) is 6.07 Å². The molecule has 4 heteroatoms. The molecule has 0 aliphatic heterocycles. The monoisotopic (exact) mass is 418 g/mol. The van der Waals surface area contributed by atoms with Gasteiger partial charge in [0.05, 0.1) is 24.6 Å². The molecule has 4 nitrogen and oxygen atoms in total. The first-order valence-corrected chi connectivity index (χ1v) is 10.7. The van der Waals surface area contributed by atoms with Crippen molar-refractivity contribution in [2.75, 3.05) is 0 Å². The highest BCUT2D eigenvalue weighted by atomic mass is 16.6. The summed E-state index contributed by atoms with van der Waals surface area (Å²) in [5, 5.41) is 20.2. The summed E-state index contributed by atoms with van der Waals surface area (Å²) in [5.74, 6) is -1.59. The van der Waals surface area contributed by atoms with Crippen LogP contribution in [0.4, 0.5) is 0 Å². The van der Waals surface area contributed by atoms with Gasteiger partial charge >= 0.3 is 0 Å². The van der Waals surface area contributed by atoms with Crippen LogP contribution in [0.1, 0.15) is 44.4 Å². The van der Waals surface area contributed by atoms with E-state index in [1.807, 2.05) is 36.4 Å². The van der Waals surface area contributed by atoms with Crippen molar-refractivity contribution in [3.05, 3.63) is 97.1 Å². The Balaban J connectivity index is 2.55. The molecule has 0 amide bonds. The van der Waals surface area contributed by atoms with Crippen molar-refractivity contribution in [2.45, 2.75) is 57.7 Å². The maximum atomic E-state index is 10.5. The van der Waals surface area contributed by atoms with E-state index >= 15 is 0 Å². The molecule has 0 saturated heterocycles. The highest BCUT2D eigenvalue weighted by molar-refractivity contribution is 5.21. The topological polar surface area (TPSA) is 56.5 Å². The van der Waals surface area contributed by atoms with Crippen molar-refractivity contribution in [3.63, 3.8) is 0 Å². The SMILES string of the molecule is C=CC(C=C)C(OC(C)(C)O)C(CC#N)N(Cc1ccccc1)C(C)c1ccccc1. The average Bonchev–Trinajstić information content (AvgIpc) is 2.76. The van der Waals surface area contributed by atoms with Gasteiger partial charge in [-0.3, -0.25) is 4.90 Å². The van der Waals surface area contributed by atoms with Gasteiger partial charge in [-0.2, -0.15) is 5.26 Å². The molecule has 0 aliphatic rings. The first-order chi connectivity index (χ1) is 14.8. The third kappa shape index (κ3) is 7.18. The number of benzene rings is 2. The smallest absolute Gasteiger partial charge is 0.160 e. The van der Waals surface area contributed by atoms with Crippen LogP contribution in [0.5, 0.6) is 0 Å². The van der Waals surface area contributed by atoms with Crippen LogP contribution in [0, 0.1) is 17.2 Å². The molecule has 0 spiro atoms. The Hall–Kier alpha value is -2.71. The van der Waals surface area contributed by atoms with Gasteiger partial charge in [-0.05, 0) is 31.9 Å². The number of aliphatic hydroxyl groups is 1. The summed E-state index contributed by atoms with van der Waals surface area (Å²) in [6.07, 6.45) is 3.27. The molecule has 0 saturated carbocycles. The zero-order valence-corrected chi connectivity index (χ0v) is 18.8. The first kappa shape index (κ1) is 24.6. The van der Waals surface area contributed by atoms with Crippen LogP contribution < -0.4 is 0 Å². The van der Waals surface area contributed by atoms with E-state index in [1.165, 1.54) is 0 Å². The van der Waals surface area contributed by atoms with E-state index in [0.29, 0.717) is 6.54 Å². The van der Waals surface area contributed by atoms with Crippen LogP contribution in [0.2, 0.25) is 0 Å². The lowest BCUT2D eigenvalue weighted by atomic mass is 9.90.